The summed E-state index contributed by atoms with van der Waals surface area (Å²) in [6, 6.07) is 4.09. The summed E-state index contributed by atoms with van der Waals surface area (Å²) in [4.78, 5) is 11.4. The minimum absolute atomic E-state index is 0.835. The molecule has 0 N–H and O–H groups in total. The number of aromatic nitrogens is 2. The third-order valence-corrected chi connectivity index (χ3v) is 4.21. The first-order valence-electron chi connectivity index (χ1n) is 6.43. The molecule has 0 spiro atoms. The highest BCUT2D eigenvalue weighted by atomic mass is 32.1. The molecular weight excluding hydrogens is 242 g/mol. The Bertz CT molecular complexity index is 502. The molecule has 3 nitrogen and oxygen atoms in total. The van der Waals surface area contributed by atoms with Gasteiger partial charge in [-0.3, -0.25) is 0 Å². The largest absolute Gasteiger partial charge is 0.341 e. The molecule has 0 bridgehead atoms. The van der Waals surface area contributed by atoms with Crippen LogP contribution in [0.5, 0.6) is 0 Å². The molecule has 1 saturated heterocycles. The van der Waals surface area contributed by atoms with Crippen molar-refractivity contribution in [1.82, 2.24) is 9.97 Å². The Balaban J connectivity index is 1.83. The van der Waals surface area contributed by atoms with Gasteiger partial charge in [-0.1, -0.05) is 6.92 Å². The molecule has 1 aliphatic heterocycles. The minimum Gasteiger partial charge on any atom is -0.341 e. The fraction of sp³-hybridized carbons (Fsp3) is 0.429. The SMILES string of the molecule is CC1CCN(c2nccc(-c3ccsc3)n2)CC1. The van der Waals surface area contributed by atoms with Crippen molar-refractivity contribution in [2.45, 2.75) is 19.8 Å². The molecule has 18 heavy (non-hydrogen) atoms. The van der Waals surface area contributed by atoms with Gasteiger partial charge in [-0.15, -0.1) is 0 Å². The third-order valence-electron chi connectivity index (χ3n) is 3.53. The Kier molecular flexibility index (Phi) is 3.28. The van der Waals surface area contributed by atoms with Crippen LogP contribution >= 0.6 is 11.3 Å². The van der Waals surface area contributed by atoms with E-state index in [-0.39, 0.29) is 0 Å². The molecule has 0 amide bonds. The van der Waals surface area contributed by atoms with Crippen LogP contribution in [0.15, 0.2) is 29.1 Å². The van der Waals surface area contributed by atoms with Crippen molar-refractivity contribution in [2.24, 2.45) is 5.92 Å². The van der Waals surface area contributed by atoms with Crippen LogP contribution in [0.2, 0.25) is 0 Å². The molecular formula is C14H17N3S. The van der Waals surface area contributed by atoms with E-state index in [1.54, 1.807) is 11.3 Å². The highest BCUT2D eigenvalue weighted by molar-refractivity contribution is 7.08. The first kappa shape index (κ1) is 11.7. The summed E-state index contributed by atoms with van der Waals surface area (Å²) in [5, 5.41) is 4.21. The van der Waals surface area contributed by atoms with Crippen molar-refractivity contribution < 1.29 is 0 Å². The van der Waals surface area contributed by atoms with Crippen LogP contribution in [0.25, 0.3) is 11.3 Å². The van der Waals surface area contributed by atoms with Crippen LogP contribution in [0.1, 0.15) is 19.8 Å². The van der Waals surface area contributed by atoms with Crippen LogP contribution < -0.4 is 4.90 Å². The molecule has 0 aromatic carbocycles. The first-order chi connectivity index (χ1) is 8.83. The smallest absolute Gasteiger partial charge is 0.225 e. The zero-order valence-electron chi connectivity index (χ0n) is 10.5. The van der Waals surface area contributed by atoms with E-state index in [9.17, 15) is 0 Å². The maximum absolute atomic E-state index is 4.69. The molecule has 2 aromatic heterocycles. The van der Waals surface area contributed by atoms with Crippen molar-refractivity contribution in [3.8, 4) is 11.3 Å². The van der Waals surface area contributed by atoms with Crippen LogP contribution in [0, 0.1) is 5.92 Å². The lowest BCUT2D eigenvalue weighted by Crippen LogP contribution is -2.34. The van der Waals surface area contributed by atoms with Gasteiger partial charge in [0.15, 0.2) is 0 Å². The Morgan fingerprint density at radius 1 is 1.28 bits per heavy atom. The standard InChI is InChI=1S/C14H17N3S/c1-11-3-7-17(8-4-11)14-15-6-2-13(16-14)12-5-9-18-10-12/h2,5-6,9-11H,3-4,7-8H2,1H3. The van der Waals surface area contributed by atoms with E-state index in [1.807, 2.05) is 12.3 Å². The number of nitrogens with zero attached hydrogens (tertiary/aromatic N) is 3. The molecule has 4 heteroatoms. The van der Waals surface area contributed by atoms with Crippen LogP contribution in [-0.2, 0) is 0 Å². The molecule has 3 heterocycles. The Hall–Kier alpha value is -1.42. The summed E-state index contributed by atoms with van der Waals surface area (Å²) >= 11 is 1.70. The van der Waals surface area contributed by atoms with Crippen molar-refractivity contribution in [3.63, 3.8) is 0 Å². The van der Waals surface area contributed by atoms with Gasteiger partial charge in [0, 0.05) is 30.2 Å². The van der Waals surface area contributed by atoms with E-state index in [4.69, 9.17) is 0 Å². The Morgan fingerprint density at radius 3 is 2.83 bits per heavy atom. The lowest BCUT2D eigenvalue weighted by molar-refractivity contribution is 0.434. The fourth-order valence-corrected chi connectivity index (χ4v) is 2.93. The summed E-state index contributed by atoms with van der Waals surface area (Å²) in [6.45, 7) is 4.47. The first-order valence-corrected chi connectivity index (χ1v) is 7.38. The van der Waals surface area contributed by atoms with E-state index in [2.05, 4.69) is 38.6 Å². The second-order valence-corrected chi connectivity index (χ2v) is 5.70. The van der Waals surface area contributed by atoms with E-state index in [0.717, 1.165) is 30.6 Å². The van der Waals surface area contributed by atoms with Crippen LogP contribution in [-0.4, -0.2) is 23.1 Å². The second kappa shape index (κ2) is 5.06. The van der Waals surface area contributed by atoms with Crippen molar-refractivity contribution in [2.75, 3.05) is 18.0 Å². The molecule has 0 unspecified atom stereocenters. The number of thiophene rings is 1. The molecule has 1 aliphatic rings. The van der Waals surface area contributed by atoms with Gasteiger partial charge < -0.3 is 4.90 Å². The number of hydrogen-bond donors (Lipinski definition) is 0. The molecule has 0 saturated carbocycles. The van der Waals surface area contributed by atoms with Gasteiger partial charge in [0.1, 0.15) is 0 Å². The highest BCUT2D eigenvalue weighted by Gasteiger charge is 2.18. The van der Waals surface area contributed by atoms with Crippen LogP contribution in [0.3, 0.4) is 0 Å². The number of piperidine rings is 1. The molecule has 1 fully saturated rings. The summed E-state index contributed by atoms with van der Waals surface area (Å²) < 4.78 is 0. The van der Waals surface area contributed by atoms with Gasteiger partial charge in [0.25, 0.3) is 0 Å². The molecule has 3 rings (SSSR count). The zero-order valence-corrected chi connectivity index (χ0v) is 11.4. The lowest BCUT2D eigenvalue weighted by Gasteiger charge is -2.30. The second-order valence-electron chi connectivity index (χ2n) is 4.92. The van der Waals surface area contributed by atoms with Gasteiger partial charge >= 0.3 is 0 Å². The minimum atomic E-state index is 0.835. The summed E-state index contributed by atoms with van der Waals surface area (Å²) in [5.41, 5.74) is 2.22. The monoisotopic (exact) mass is 259 g/mol. The number of hydrogen-bond acceptors (Lipinski definition) is 4. The predicted octanol–water partition coefficient (Wildman–Crippen LogP) is 3.44. The quantitative estimate of drug-likeness (QED) is 0.827. The van der Waals surface area contributed by atoms with E-state index < -0.39 is 0 Å². The van der Waals surface area contributed by atoms with Crippen molar-refractivity contribution in [1.29, 1.82) is 0 Å². The maximum Gasteiger partial charge on any atom is 0.225 e. The molecule has 0 aliphatic carbocycles. The predicted molar refractivity (Wildman–Crippen MR) is 76.0 cm³/mol. The van der Waals surface area contributed by atoms with Crippen molar-refractivity contribution in [3.05, 3.63) is 29.1 Å². The molecule has 94 valence electrons. The molecule has 0 radical (unpaired) electrons. The highest BCUT2D eigenvalue weighted by Crippen LogP contribution is 2.24. The summed E-state index contributed by atoms with van der Waals surface area (Å²) in [7, 11) is 0. The maximum atomic E-state index is 4.69. The number of rotatable bonds is 2. The fourth-order valence-electron chi connectivity index (χ4n) is 2.28. The van der Waals surface area contributed by atoms with Gasteiger partial charge in [0.2, 0.25) is 5.95 Å². The van der Waals surface area contributed by atoms with Gasteiger partial charge in [0.05, 0.1) is 5.69 Å². The van der Waals surface area contributed by atoms with Gasteiger partial charge in [-0.2, -0.15) is 11.3 Å². The topological polar surface area (TPSA) is 29.0 Å². The Morgan fingerprint density at radius 2 is 2.11 bits per heavy atom. The zero-order chi connectivity index (χ0) is 12.4. The van der Waals surface area contributed by atoms with Gasteiger partial charge in [-0.25, -0.2) is 9.97 Å². The molecule has 0 atom stereocenters. The lowest BCUT2D eigenvalue weighted by atomic mass is 10.00. The average Bonchev–Trinajstić information content (AvgIpc) is 2.94. The average molecular weight is 259 g/mol. The molecule has 2 aromatic rings. The third kappa shape index (κ3) is 2.38. The van der Waals surface area contributed by atoms with E-state index >= 15 is 0 Å². The van der Waals surface area contributed by atoms with E-state index in [1.165, 1.54) is 18.4 Å². The number of anilines is 1. The van der Waals surface area contributed by atoms with Crippen molar-refractivity contribution >= 4 is 17.3 Å². The van der Waals surface area contributed by atoms with E-state index in [0.29, 0.717) is 0 Å². The van der Waals surface area contributed by atoms with Crippen LogP contribution in [0.4, 0.5) is 5.95 Å². The van der Waals surface area contributed by atoms with Gasteiger partial charge in [-0.05, 0) is 36.3 Å². The normalized spacial score (nSPS) is 17.1. The summed E-state index contributed by atoms with van der Waals surface area (Å²) in [6.07, 6.45) is 4.35. The summed E-state index contributed by atoms with van der Waals surface area (Å²) in [5.74, 6) is 1.71. The Labute approximate surface area is 112 Å².